The normalized spacial score (nSPS) is 10.3. The van der Waals surface area contributed by atoms with Crippen molar-refractivity contribution in [1.29, 1.82) is 0 Å². The van der Waals surface area contributed by atoms with Gasteiger partial charge in [0.2, 0.25) is 13.6 Å². The van der Waals surface area contributed by atoms with Crippen molar-refractivity contribution in [3.05, 3.63) is 129 Å². The molecular formula is C52H75Cl3N4O12. The number of nitrogens with one attached hydrogen (secondary N) is 3. The summed E-state index contributed by atoms with van der Waals surface area (Å²) in [5.41, 5.74) is 5.76. The Kier molecular flexibility index (Phi) is 33.9. The standard InChI is InChI=1S/C24H29ClN2O6.C23H27ClN2O6.C2H6.3CH4.ClH/c1-24(2,23(30)32-16-31-21(28)13-14-26-3)33-20-10-4-17(5-11-20)12-15-27-22(29)18-6-8-19(25)9-7-18;1-23(2,22(29)31-15-30-20(27)11-13-25)32-19-9-3-16(4-10-19)12-14-26-21(28)17-5-7-18(24)8-6-17;1-2;;;;/h4-11,26H,12-16H2,1-3H3,(H,27,29);3-10H,11-15,25H2,1-2H3,(H,26,28);1-2H3;3*1H4;1H/i;;1D;1T;;;. The summed E-state index contributed by atoms with van der Waals surface area (Å²) in [6, 6.07) is 27.7. The van der Waals surface area contributed by atoms with E-state index < -0.39 is 48.7 Å². The first-order valence-corrected chi connectivity index (χ1v) is 22.0. The first-order chi connectivity index (χ1) is 33.3. The van der Waals surface area contributed by atoms with Crippen LogP contribution < -0.4 is 31.2 Å². The van der Waals surface area contributed by atoms with Crippen molar-refractivity contribution in [2.45, 2.75) is 101 Å². The highest BCUT2D eigenvalue weighted by Crippen LogP contribution is 2.22. The summed E-state index contributed by atoms with van der Waals surface area (Å²) in [4.78, 5) is 71.4. The zero-order valence-corrected chi connectivity index (χ0v) is 42.5. The maximum absolute atomic E-state index is 12.3. The van der Waals surface area contributed by atoms with Crippen molar-refractivity contribution in [3.8, 4) is 11.5 Å². The highest BCUT2D eigenvalue weighted by atomic mass is 35.5. The fourth-order valence-electron chi connectivity index (χ4n) is 5.30. The number of hydrogen-bond acceptors (Lipinski definition) is 14. The van der Waals surface area contributed by atoms with E-state index in [1.54, 1.807) is 114 Å². The van der Waals surface area contributed by atoms with Crippen LogP contribution in [0.25, 0.3) is 0 Å². The van der Waals surface area contributed by atoms with E-state index in [4.69, 9.17) is 60.1 Å². The number of ether oxygens (including phenoxy) is 6. The van der Waals surface area contributed by atoms with E-state index in [-0.39, 0.29) is 58.5 Å². The number of benzene rings is 4. The van der Waals surface area contributed by atoms with Crippen molar-refractivity contribution in [2.75, 3.05) is 46.8 Å². The van der Waals surface area contributed by atoms with E-state index in [0.29, 0.717) is 72.0 Å². The number of esters is 4. The van der Waals surface area contributed by atoms with Gasteiger partial charge in [0.15, 0.2) is 11.2 Å². The highest BCUT2D eigenvalue weighted by Gasteiger charge is 2.33. The molecule has 0 aliphatic carbocycles. The molecule has 0 atom stereocenters. The number of hydrogen-bond donors (Lipinski definition) is 4. The van der Waals surface area contributed by atoms with Crippen LogP contribution >= 0.6 is 35.6 Å². The van der Waals surface area contributed by atoms with E-state index >= 15 is 0 Å². The van der Waals surface area contributed by atoms with Gasteiger partial charge >= 0.3 is 23.9 Å². The summed E-state index contributed by atoms with van der Waals surface area (Å²) >= 11 is 11.7. The fraction of sp³-hybridized carbons (Fsp3) is 0.423. The maximum Gasteiger partial charge on any atom is 0.352 e. The summed E-state index contributed by atoms with van der Waals surface area (Å²) in [7, 11) is 2.97. The molecule has 4 rings (SSSR count). The molecule has 0 bridgehead atoms. The average molecular weight is 1060 g/mol. The topological polar surface area (TPSA) is 220 Å². The summed E-state index contributed by atoms with van der Waals surface area (Å²) < 4.78 is 43.0. The lowest BCUT2D eigenvalue weighted by molar-refractivity contribution is -0.178. The molecule has 396 valence electrons. The Labute approximate surface area is 439 Å². The summed E-state index contributed by atoms with van der Waals surface area (Å²) in [5.74, 6) is -1.71. The molecule has 0 aliphatic rings. The number of carbonyl (C=O) groups is 6. The van der Waals surface area contributed by atoms with Crippen molar-refractivity contribution >= 4 is 71.3 Å². The van der Waals surface area contributed by atoms with Crippen molar-refractivity contribution < 1.29 is 59.9 Å². The second-order valence-corrected chi connectivity index (χ2v) is 15.9. The number of carbonyl (C=O) groups excluding carboxylic acids is 6. The van der Waals surface area contributed by atoms with E-state index in [0.717, 1.165) is 11.1 Å². The number of halogens is 3. The molecule has 0 saturated carbocycles. The van der Waals surface area contributed by atoms with E-state index in [1.807, 2.05) is 24.3 Å². The van der Waals surface area contributed by atoms with Gasteiger partial charge in [-0.15, -0.1) is 12.4 Å². The zero-order chi connectivity index (χ0) is 52.5. The Morgan fingerprint density at radius 3 is 1.25 bits per heavy atom. The van der Waals surface area contributed by atoms with Crippen LogP contribution in [-0.2, 0) is 51.0 Å². The first kappa shape index (κ1) is 65.1. The van der Waals surface area contributed by atoms with Crippen LogP contribution in [0.15, 0.2) is 97.1 Å². The van der Waals surface area contributed by atoms with Crippen molar-refractivity contribution in [3.63, 3.8) is 0 Å². The molecule has 0 aromatic heterocycles. The molecule has 2 amide bonds. The fourth-order valence-corrected chi connectivity index (χ4v) is 5.55. The van der Waals surface area contributed by atoms with Gasteiger partial charge in [-0.05, 0) is 132 Å². The molecule has 0 unspecified atom stereocenters. The van der Waals surface area contributed by atoms with Gasteiger partial charge in [-0.2, -0.15) is 0 Å². The number of nitrogens with two attached hydrogens (primary N) is 1. The minimum atomic E-state index is -1.28. The molecule has 0 spiro atoms. The first-order valence-electron chi connectivity index (χ1n) is 23.0. The van der Waals surface area contributed by atoms with Gasteiger partial charge in [-0.3, -0.25) is 19.2 Å². The van der Waals surface area contributed by atoms with Crippen LogP contribution in [0.2, 0.25) is 10.0 Å². The van der Waals surface area contributed by atoms with E-state index in [9.17, 15) is 28.8 Å². The summed E-state index contributed by atoms with van der Waals surface area (Å²) in [6.45, 7) is 9.14. The van der Waals surface area contributed by atoms with E-state index in [1.165, 1.54) is 7.40 Å². The minimum absolute atomic E-state index is 0. The quantitative estimate of drug-likeness (QED) is 0.0402. The van der Waals surface area contributed by atoms with Crippen LogP contribution in [0.3, 0.4) is 0 Å². The largest absolute Gasteiger partial charge is 0.476 e. The van der Waals surface area contributed by atoms with Crippen molar-refractivity contribution in [2.24, 2.45) is 5.73 Å². The Bertz CT molecular complexity index is 2190. The molecule has 4 aromatic carbocycles. The van der Waals surface area contributed by atoms with Gasteiger partial charge < -0.3 is 50.1 Å². The Morgan fingerprint density at radius 1 is 0.592 bits per heavy atom. The van der Waals surface area contributed by atoms with E-state index in [2.05, 4.69) is 16.0 Å². The Balaban J connectivity index is -0.00000119. The molecule has 5 N–H and O–H groups in total. The van der Waals surface area contributed by atoms with Crippen LogP contribution in [-0.4, -0.2) is 93.7 Å². The maximum atomic E-state index is 12.3. The van der Waals surface area contributed by atoms with Gasteiger partial charge in [0.25, 0.3) is 11.8 Å². The second kappa shape index (κ2) is 36.9. The Hall–Kier alpha value is -5.91. The third-order valence-electron chi connectivity index (χ3n) is 8.93. The third-order valence-corrected chi connectivity index (χ3v) is 9.44. The smallest absolute Gasteiger partial charge is 0.352 e. The predicted octanol–water partition coefficient (Wildman–Crippen LogP) is 9.34. The van der Waals surface area contributed by atoms with Crippen LogP contribution in [0.4, 0.5) is 0 Å². The molecule has 0 radical (unpaired) electrons. The molecule has 0 fully saturated rings. The second-order valence-electron chi connectivity index (χ2n) is 15.1. The lowest BCUT2D eigenvalue weighted by Crippen LogP contribution is -2.40. The highest BCUT2D eigenvalue weighted by molar-refractivity contribution is 6.31. The zero-order valence-electron chi connectivity index (χ0n) is 42.2. The molecule has 4 aromatic rings. The SMILES string of the molecule is C.C.CC(C)(Oc1ccc(CCNC(=O)c2ccc(Cl)cc2)cc1)C(=O)OCOC(=O)CCN.CNCCC(=O)OCOC(=O)C(C)(C)Oc1ccc(CCNC(=O)c2ccc(Cl)cc2)cc1.Cl.[2H]CC.[3H]C. The molecule has 19 heteroatoms. The van der Waals surface area contributed by atoms with Crippen LogP contribution in [0.1, 0.15) is 111 Å². The molecule has 0 aliphatic heterocycles. The van der Waals surface area contributed by atoms with Gasteiger partial charge in [0.05, 0.1) is 12.8 Å². The summed E-state index contributed by atoms with van der Waals surface area (Å²) in [5, 5.41) is 9.69. The minimum Gasteiger partial charge on any atom is -0.476 e. The molecule has 0 heterocycles. The number of amides is 2. The van der Waals surface area contributed by atoms with Crippen LogP contribution in [0.5, 0.6) is 11.5 Å². The molecular weight excluding hydrogens is 979 g/mol. The number of rotatable bonds is 23. The molecule has 71 heavy (non-hydrogen) atoms. The average Bonchev–Trinajstić information content (AvgIpc) is 3.33. The van der Waals surface area contributed by atoms with Gasteiger partial charge in [-0.25, -0.2) is 9.59 Å². The Morgan fingerprint density at radius 2 is 0.930 bits per heavy atom. The monoisotopic (exact) mass is 1060 g/mol. The molecule has 0 saturated heterocycles. The lowest BCUT2D eigenvalue weighted by Gasteiger charge is -2.24. The predicted molar refractivity (Wildman–Crippen MR) is 282 cm³/mol. The van der Waals surface area contributed by atoms with Crippen molar-refractivity contribution in [1.82, 2.24) is 16.0 Å². The van der Waals surface area contributed by atoms with Gasteiger partial charge in [0.1, 0.15) is 11.5 Å². The van der Waals surface area contributed by atoms with Gasteiger partial charge in [-0.1, -0.05) is 83.5 Å². The molecule has 16 nitrogen and oxygen atoms in total. The van der Waals surface area contributed by atoms with Crippen LogP contribution in [0, 0.1) is 0 Å². The summed E-state index contributed by atoms with van der Waals surface area (Å²) in [6.07, 6.45) is 1.49. The third kappa shape index (κ3) is 27.3. The lowest BCUT2D eigenvalue weighted by atomic mass is 10.1. The van der Waals surface area contributed by atoms with Gasteiger partial charge in [0, 0.05) is 50.1 Å².